The summed E-state index contributed by atoms with van der Waals surface area (Å²) in [4.78, 5) is 2.55. The van der Waals surface area contributed by atoms with Crippen molar-refractivity contribution in [3.05, 3.63) is 180 Å². The van der Waals surface area contributed by atoms with E-state index in [0.717, 1.165) is 12.8 Å². The average molecular weight is 715 g/mol. The van der Waals surface area contributed by atoms with E-state index in [4.69, 9.17) is 0 Å². The van der Waals surface area contributed by atoms with Gasteiger partial charge in [0, 0.05) is 27.8 Å². The van der Waals surface area contributed by atoms with Gasteiger partial charge in [0.1, 0.15) is 0 Å². The Morgan fingerprint density at radius 2 is 0.964 bits per heavy atom. The van der Waals surface area contributed by atoms with Crippen LogP contribution in [0.2, 0.25) is 0 Å². The highest BCUT2D eigenvalue weighted by molar-refractivity contribution is 6.13. The molecule has 0 amide bonds. The molecule has 9 aromatic carbocycles. The van der Waals surface area contributed by atoms with Gasteiger partial charge in [0.05, 0.1) is 16.7 Å². The Balaban J connectivity index is 0.952. The number of nitrogens with zero attached hydrogens (tertiary/aromatic N) is 2. The van der Waals surface area contributed by atoms with Crippen LogP contribution in [0.5, 0.6) is 0 Å². The minimum absolute atomic E-state index is 1.12. The molecule has 2 heteroatoms. The largest absolute Gasteiger partial charge is 0.310 e. The molecule has 0 saturated carbocycles. The normalized spacial score (nSPS) is 14.0. The molecule has 0 atom stereocenters. The van der Waals surface area contributed by atoms with Gasteiger partial charge in [-0.2, -0.15) is 0 Å². The standard InChI is InChI=1S/C54H38N2/c1-2-13-40(14-3-1)55(52-32-37-12-8-10-33-20-21-34-11-9-17-45(52)54(34)53(33)37)41-24-22-35-28-46-47-29-36-23-25-42(27-39(36)31-49(47)48(46)30-38(35)26-41)56-50-18-6-4-15-43(50)44-16-5-7-19-51(44)56/h1-7,13-16,18-32H,8-12,17H2. The third-order valence-electron chi connectivity index (χ3n) is 13.2. The number of rotatable bonds is 4. The van der Waals surface area contributed by atoms with Crippen LogP contribution >= 0.6 is 0 Å². The molecule has 0 aliphatic heterocycles. The second kappa shape index (κ2) is 11.4. The quantitative estimate of drug-likeness (QED) is 0.176. The summed E-state index contributed by atoms with van der Waals surface area (Å²) >= 11 is 0. The van der Waals surface area contributed by atoms with Crippen LogP contribution in [0.1, 0.15) is 35.1 Å². The van der Waals surface area contributed by atoms with Crippen molar-refractivity contribution in [3.63, 3.8) is 0 Å². The number of hydrogen-bond donors (Lipinski definition) is 0. The summed E-state index contributed by atoms with van der Waals surface area (Å²) in [7, 11) is 0. The lowest BCUT2D eigenvalue weighted by atomic mass is 9.78. The van der Waals surface area contributed by atoms with E-state index in [2.05, 4.69) is 167 Å². The Bertz CT molecular complexity index is 3260. The minimum atomic E-state index is 1.12. The summed E-state index contributed by atoms with van der Waals surface area (Å²) in [6.45, 7) is 0. The highest BCUT2D eigenvalue weighted by Gasteiger charge is 2.28. The predicted octanol–water partition coefficient (Wildman–Crippen LogP) is 14.3. The van der Waals surface area contributed by atoms with E-state index in [1.807, 2.05) is 0 Å². The third-order valence-corrected chi connectivity index (χ3v) is 13.2. The maximum atomic E-state index is 2.55. The molecule has 0 radical (unpaired) electrons. The van der Waals surface area contributed by atoms with Gasteiger partial charge in [-0.05, 0) is 194 Å². The third kappa shape index (κ3) is 4.27. The first-order valence-electron chi connectivity index (χ1n) is 20.3. The van der Waals surface area contributed by atoms with Crippen LogP contribution in [-0.4, -0.2) is 4.57 Å². The molecule has 0 N–H and O–H groups in total. The maximum Gasteiger partial charge on any atom is 0.0541 e. The smallest absolute Gasteiger partial charge is 0.0541 e. The van der Waals surface area contributed by atoms with Gasteiger partial charge < -0.3 is 9.47 Å². The molecule has 3 aliphatic rings. The summed E-state index contributed by atoms with van der Waals surface area (Å²) in [6, 6.07) is 59.8. The Morgan fingerprint density at radius 1 is 0.393 bits per heavy atom. The molecule has 2 nitrogen and oxygen atoms in total. The topological polar surface area (TPSA) is 8.17 Å². The highest BCUT2D eigenvalue weighted by atomic mass is 15.1. The molecular weight excluding hydrogens is 677 g/mol. The summed E-state index contributed by atoms with van der Waals surface area (Å²) < 4.78 is 2.42. The molecule has 1 aromatic heterocycles. The lowest BCUT2D eigenvalue weighted by Crippen LogP contribution is -2.17. The number of fused-ring (bicyclic) bond motifs is 9. The first-order valence-corrected chi connectivity index (χ1v) is 20.3. The Labute approximate surface area is 325 Å². The molecule has 10 aromatic rings. The molecule has 0 unspecified atom stereocenters. The number of para-hydroxylation sites is 3. The van der Waals surface area contributed by atoms with Gasteiger partial charge in [0.2, 0.25) is 0 Å². The summed E-state index contributed by atoms with van der Waals surface area (Å²) in [5, 5.41) is 10.8. The van der Waals surface area contributed by atoms with Gasteiger partial charge >= 0.3 is 0 Å². The Kier molecular flexibility index (Phi) is 6.27. The van der Waals surface area contributed by atoms with Crippen molar-refractivity contribution in [2.75, 3.05) is 4.90 Å². The lowest BCUT2D eigenvalue weighted by Gasteiger charge is -2.33. The monoisotopic (exact) mass is 714 g/mol. The molecular formula is C54H38N2. The van der Waals surface area contributed by atoms with Crippen LogP contribution in [0.25, 0.3) is 82.1 Å². The summed E-state index contributed by atoms with van der Waals surface area (Å²) in [5.41, 5.74) is 19.0. The van der Waals surface area contributed by atoms with Gasteiger partial charge in [0.25, 0.3) is 0 Å². The maximum absolute atomic E-state index is 2.55. The highest BCUT2D eigenvalue weighted by Crippen LogP contribution is 2.52. The van der Waals surface area contributed by atoms with E-state index in [-0.39, 0.29) is 0 Å². The zero-order chi connectivity index (χ0) is 36.5. The van der Waals surface area contributed by atoms with Crippen LogP contribution in [-0.2, 0) is 25.7 Å². The molecule has 0 bridgehead atoms. The number of anilines is 3. The first kappa shape index (κ1) is 30.7. The average Bonchev–Trinajstić information content (AvgIpc) is 3.59. The van der Waals surface area contributed by atoms with E-state index >= 15 is 0 Å². The SMILES string of the molecule is c1ccc(N(c2ccc3cc4c(cc3c2)-c2cc3cc(-n5c6ccccc6c6ccccc65)ccc3cc2-4)c2cc3c4c(ccc5c4c2CCC5)CCC3)cc1. The van der Waals surface area contributed by atoms with Crippen molar-refractivity contribution in [2.24, 2.45) is 0 Å². The van der Waals surface area contributed by atoms with E-state index in [0.29, 0.717) is 0 Å². The second-order valence-corrected chi connectivity index (χ2v) is 16.3. The van der Waals surface area contributed by atoms with Gasteiger partial charge in [-0.3, -0.25) is 0 Å². The van der Waals surface area contributed by atoms with Crippen LogP contribution in [0, 0.1) is 0 Å². The van der Waals surface area contributed by atoms with Crippen molar-refractivity contribution >= 4 is 71.2 Å². The van der Waals surface area contributed by atoms with Gasteiger partial charge in [-0.1, -0.05) is 78.9 Å². The predicted molar refractivity (Wildman–Crippen MR) is 236 cm³/mol. The molecule has 13 rings (SSSR count). The molecule has 1 heterocycles. The first-order chi connectivity index (χ1) is 27.7. The number of hydrogen-bond acceptors (Lipinski definition) is 1. The number of aromatic nitrogens is 1. The fraction of sp³-hybridized carbons (Fsp3) is 0.111. The zero-order valence-electron chi connectivity index (χ0n) is 31.1. The van der Waals surface area contributed by atoms with Gasteiger partial charge in [-0.25, -0.2) is 0 Å². The van der Waals surface area contributed by atoms with Crippen molar-refractivity contribution < 1.29 is 0 Å². The van der Waals surface area contributed by atoms with Crippen LogP contribution in [0.3, 0.4) is 0 Å². The molecule has 0 fully saturated rings. The van der Waals surface area contributed by atoms with E-state index in [9.17, 15) is 0 Å². The summed E-state index contributed by atoms with van der Waals surface area (Å²) in [6.07, 6.45) is 7.08. The van der Waals surface area contributed by atoms with Crippen LogP contribution in [0.4, 0.5) is 17.1 Å². The summed E-state index contributed by atoms with van der Waals surface area (Å²) in [5.74, 6) is 0. The molecule has 56 heavy (non-hydrogen) atoms. The van der Waals surface area contributed by atoms with Crippen molar-refractivity contribution in [3.8, 4) is 27.9 Å². The number of benzene rings is 9. The zero-order valence-corrected chi connectivity index (χ0v) is 31.1. The minimum Gasteiger partial charge on any atom is -0.310 e. The molecule has 3 aliphatic carbocycles. The number of aryl methyl sites for hydroxylation is 4. The fourth-order valence-electron chi connectivity index (χ4n) is 10.7. The molecule has 264 valence electrons. The van der Waals surface area contributed by atoms with Gasteiger partial charge in [-0.15, -0.1) is 0 Å². The van der Waals surface area contributed by atoms with E-state index < -0.39 is 0 Å². The van der Waals surface area contributed by atoms with Crippen molar-refractivity contribution in [1.82, 2.24) is 4.57 Å². The van der Waals surface area contributed by atoms with Crippen molar-refractivity contribution in [1.29, 1.82) is 0 Å². The van der Waals surface area contributed by atoms with E-state index in [1.165, 1.54) is 131 Å². The molecule has 0 spiro atoms. The van der Waals surface area contributed by atoms with Crippen LogP contribution < -0.4 is 4.90 Å². The Morgan fingerprint density at radius 3 is 1.68 bits per heavy atom. The molecule has 0 saturated heterocycles. The van der Waals surface area contributed by atoms with Crippen LogP contribution in [0.15, 0.2) is 158 Å². The van der Waals surface area contributed by atoms with Crippen molar-refractivity contribution in [2.45, 2.75) is 38.5 Å². The van der Waals surface area contributed by atoms with Gasteiger partial charge in [0.15, 0.2) is 0 Å². The second-order valence-electron chi connectivity index (χ2n) is 16.3. The fourth-order valence-corrected chi connectivity index (χ4v) is 10.7. The lowest BCUT2D eigenvalue weighted by molar-refractivity contribution is 0.786. The van der Waals surface area contributed by atoms with E-state index in [1.54, 1.807) is 16.3 Å². The Hall–Kier alpha value is -6.64.